The number of rotatable bonds is 7. The van der Waals surface area contributed by atoms with Crippen molar-refractivity contribution in [3.05, 3.63) is 100.0 Å². The van der Waals surface area contributed by atoms with Crippen LogP contribution in [-0.4, -0.2) is 19.9 Å². The zero-order valence-corrected chi connectivity index (χ0v) is 18.3. The second kappa shape index (κ2) is 10.1. The summed E-state index contributed by atoms with van der Waals surface area (Å²) in [5.41, 5.74) is 6.62. The smallest absolute Gasteiger partial charge is 0.433 e. The van der Waals surface area contributed by atoms with Crippen LogP contribution in [0.25, 0.3) is 12.2 Å². The first-order valence-corrected chi connectivity index (χ1v) is 10.3. The normalized spacial score (nSPS) is 11.4. The zero-order valence-electron chi connectivity index (χ0n) is 18.3. The van der Waals surface area contributed by atoms with Crippen LogP contribution >= 0.6 is 0 Å². The summed E-state index contributed by atoms with van der Waals surface area (Å²) in [6.45, 7) is 0. The molecule has 2 heterocycles. The summed E-state index contributed by atoms with van der Waals surface area (Å²) in [6, 6.07) is 16.3. The predicted molar refractivity (Wildman–Crippen MR) is 128 cm³/mol. The van der Waals surface area contributed by atoms with Crippen LogP contribution in [-0.2, 0) is 6.18 Å². The number of nitrogens with one attached hydrogen (secondary N) is 1. The van der Waals surface area contributed by atoms with Crippen molar-refractivity contribution in [3.63, 3.8) is 0 Å². The van der Waals surface area contributed by atoms with Crippen LogP contribution in [0.4, 0.5) is 36.3 Å². The van der Waals surface area contributed by atoms with Crippen molar-refractivity contribution in [2.24, 2.45) is 0 Å². The van der Waals surface area contributed by atoms with E-state index in [9.17, 15) is 23.3 Å². The molecule has 0 amide bonds. The fraction of sp³-hybridized carbons (Fsp3) is 0.0417. The van der Waals surface area contributed by atoms with Crippen molar-refractivity contribution in [2.45, 2.75) is 6.18 Å². The molecule has 0 atom stereocenters. The van der Waals surface area contributed by atoms with Crippen LogP contribution in [0, 0.1) is 10.1 Å². The number of halogens is 3. The van der Waals surface area contributed by atoms with Gasteiger partial charge >= 0.3 is 6.18 Å². The maximum Gasteiger partial charge on any atom is 0.433 e. The van der Waals surface area contributed by atoms with E-state index in [1.54, 1.807) is 54.6 Å². The van der Waals surface area contributed by atoms with Gasteiger partial charge in [-0.1, -0.05) is 6.08 Å². The van der Waals surface area contributed by atoms with Crippen LogP contribution in [0.3, 0.4) is 0 Å². The molecule has 0 fully saturated rings. The van der Waals surface area contributed by atoms with Crippen LogP contribution in [0.2, 0.25) is 0 Å². The fourth-order valence-electron chi connectivity index (χ4n) is 3.04. The number of non-ortho nitro benzene ring substituents is 1. The van der Waals surface area contributed by atoms with Crippen LogP contribution in [0.15, 0.2) is 72.9 Å². The third-order valence-corrected chi connectivity index (χ3v) is 4.70. The topological polar surface area (TPSA) is 129 Å². The number of nitrogens with zero attached hydrogens (tertiary/aromatic N) is 4. The fourth-order valence-corrected chi connectivity index (χ4v) is 3.04. The lowest BCUT2D eigenvalue weighted by Gasteiger charge is -2.10. The second-order valence-electron chi connectivity index (χ2n) is 7.34. The molecule has 0 saturated heterocycles. The summed E-state index contributed by atoms with van der Waals surface area (Å²) in [7, 11) is 0. The summed E-state index contributed by atoms with van der Waals surface area (Å²) >= 11 is 0. The van der Waals surface area contributed by atoms with Gasteiger partial charge in [0.05, 0.1) is 10.6 Å². The molecule has 0 spiro atoms. The van der Waals surface area contributed by atoms with E-state index < -0.39 is 16.8 Å². The van der Waals surface area contributed by atoms with Crippen LogP contribution in [0.1, 0.15) is 17.0 Å². The van der Waals surface area contributed by atoms with Gasteiger partial charge < -0.3 is 15.8 Å². The van der Waals surface area contributed by atoms with Gasteiger partial charge in [-0.2, -0.15) is 18.2 Å². The summed E-state index contributed by atoms with van der Waals surface area (Å²) in [5, 5.41) is 13.8. The minimum absolute atomic E-state index is 0.00561. The number of alkyl halides is 3. The van der Waals surface area contributed by atoms with Gasteiger partial charge in [-0.25, -0.2) is 4.98 Å². The minimum Gasteiger partial charge on any atom is -0.457 e. The third kappa shape index (κ3) is 6.32. The molecular weight excluding hydrogens is 477 g/mol. The number of nitro benzene ring substituents is 1. The number of ether oxygens (including phenoxy) is 1. The second-order valence-corrected chi connectivity index (χ2v) is 7.34. The zero-order chi connectivity index (χ0) is 25.7. The van der Waals surface area contributed by atoms with E-state index in [0.29, 0.717) is 22.9 Å². The molecule has 4 aromatic rings. The van der Waals surface area contributed by atoms with Gasteiger partial charge in [0.2, 0.25) is 5.95 Å². The van der Waals surface area contributed by atoms with Gasteiger partial charge in [0.15, 0.2) is 0 Å². The Bertz CT molecular complexity index is 1410. The highest BCUT2D eigenvalue weighted by atomic mass is 19.4. The van der Waals surface area contributed by atoms with Gasteiger partial charge in [0.25, 0.3) is 5.69 Å². The standard InChI is InChI=1S/C24H17F3N6O3/c25-24(26,27)21-14-20(11-12-29-21)36-19-9-5-16(6-10-19)30-22-13-17(31-23(28)32-22)4-1-15-2-7-18(8-3-15)33(34)35/h1-14H,(H3,28,30,31,32)/b4-1+. The molecule has 3 N–H and O–H groups in total. The quantitative estimate of drug-likeness (QED) is 0.233. The maximum absolute atomic E-state index is 12.8. The van der Waals surface area contributed by atoms with Gasteiger partial charge in [-0.3, -0.25) is 15.1 Å². The molecule has 2 aromatic carbocycles. The summed E-state index contributed by atoms with van der Waals surface area (Å²) < 4.78 is 44.0. The average molecular weight is 494 g/mol. The van der Waals surface area contributed by atoms with E-state index in [-0.39, 0.29) is 17.4 Å². The molecular formula is C24H17F3N6O3. The summed E-state index contributed by atoms with van der Waals surface area (Å²) in [4.78, 5) is 21.9. The number of nitrogens with two attached hydrogens (primary N) is 1. The Morgan fingerprint density at radius 1 is 0.944 bits per heavy atom. The third-order valence-electron chi connectivity index (χ3n) is 4.70. The van der Waals surface area contributed by atoms with Crippen LogP contribution < -0.4 is 15.8 Å². The molecule has 0 aliphatic rings. The van der Waals surface area contributed by atoms with E-state index in [4.69, 9.17) is 10.5 Å². The van der Waals surface area contributed by atoms with Crippen molar-refractivity contribution < 1.29 is 22.8 Å². The van der Waals surface area contributed by atoms with Gasteiger partial charge in [0, 0.05) is 36.1 Å². The Hall–Kier alpha value is -5.00. The molecule has 0 unspecified atom stereocenters. The highest BCUT2D eigenvalue weighted by Gasteiger charge is 2.32. The van der Waals surface area contributed by atoms with Crippen molar-refractivity contribution in [3.8, 4) is 11.5 Å². The molecule has 0 radical (unpaired) electrons. The van der Waals surface area contributed by atoms with Gasteiger partial charge in [-0.05, 0) is 54.1 Å². The molecule has 182 valence electrons. The van der Waals surface area contributed by atoms with E-state index >= 15 is 0 Å². The monoisotopic (exact) mass is 494 g/mol. The predicted octanol–water partition coefficient (Wildman–Crippen LogP) is 6.09. The lowest BCUT2D eigenvalue weighted by atomic mass is 10.2. The van der Waals surface area contributed by atoms with E-state index in [1.807, 2.05) is 0 Å². The molecule has 9 nitrogen and oxygen atoms in total. The lowest BCUT2D eigenvalue weighted by Crippen LogP contribution is -2.07. The van der Waals surface area contributed by atoms with E-state index in [0.717, 1.165) is 17.8 Å². The molecule has 4 rings (SSSR count). The molecule has 12 heteroatoms. The average Bonchev–Trinajstić information content (AvgIpc) is 2.83. The Kier molecular flexibility index (Phi) is 6.77. The minimum atomic E-state index is -4.57. The van der Waals surface area contributed by atoms with Crippen molar-refractivity contribution in [1.82, 2.24) is 15.0 Å². The summed E-state index contributed by atoms with van der Waals surface area (Å²) in [6.07, 6.45) is -0.125. The Balaban J connectivity index is 1.44. The molecule has 36 heavy (non-hydrogen) atoms. The number of aromatic nitrogens is 3. The van der Waals surface area contributed by atoms with E-state index in [1.165, 1.54) is 18.2 Å². The lowest BCUT2D eigenvalue weighted by molar-refractivity contribution is -0.384. The number of pyridine rings is 1. The molecule has 0 aliphatic heterocycles. The van der Waals surface area contributed by atoms with E-state index in [2.05, 4.69) is 20.3 Å². The highest BCUT2D eigenvalue weighted by molar-refractivity contribution is 5.71. The number of anilines is 3. The summed E-state index contributed by atoms with van der Waals surface area (Å²) in [5.74, 6) is 0.768. The van der Waals surface area contributed by atoms with Gasteiger partial charge in [0.1, 0.15) is 23.0 Å². The first-order chi connectivity index (χ1) is 17.2. The molecule has 0 bridgehead atoms. The Morgan fingerprint density at radius 3 is 2.33 bits per heavy atom. The Labute approximate surface area is 202 Å². The number of benzene rings is 2. The molecule has 2 aromatic heterocycles. The van der Waals surface area contributed by atoms with Crippen molar-refractivity contribution in [2.75, 3.05) is 11.1 Å². The number of nitrogen functional groups attached to an aromatic ring is 1. The largest absolute Gasteiger partial charge is 0.457 e. The van der Waals surface area contributed by atoms with Crippen LogP contribution in [0.5, 0.6) is 11.5 Å². The molecule has 0 aliphatic carbocycles. The highest BCUT2D eigenvalue weighted by Crippen LogP contribution is 2.31. The maximum atomic E-state index is 12.8. The number of hydrogen-bond acceptors (Lipinski definition) is 8. The number of hydrogen-bond donors (Lipinski definition) is 2. The number of nitro groups is 1. The SMILES string of the molecule is Nc1nc(/C=C/c2ccc([N+](=O)[O-])cc2)cc(Nc2ccc(Oc3ccnc(C(F)(F)F)c3)cc2)n1. The van der Waals surface area contributed by atoms with Crippen molar-refractivity contribution in [1.29, 1.82) is 0 Å². The Morgan fingerprint density at radius 2 is 1.67 bits per heavy atom. The van der Waals surface area contributed by atoms with Gasteiger partial charge in [-0.15, -0.1) is 0 Å². The molecule has 0 saturated carbocycles. The van der Waals surface area contributed by atoms with Crippen molar-refractivity contribution >= 4 is 35.3 Å². The first kappa shape index (κ1) is 24.1. The first-order valence-electron chi connectivity index (χ1n) is 10.3.